The monoisotopic (exact) mass is 445 g/mol. The third-order valence-electron chi connectivity index (χ3n) is 4.15. The fraction of sp³-hybridized carbons (Fsp3) is 0.158. The lowest BCUT2D eigenvalue weighted by atomic mass is 10.2. The molecule has 2 aromatic carbocycles. The summed E-state index contributed by atoms with van der Waals surface area (Å²) in [4.78, 5) is 33.0. The minimum Gasteiger partial charge on any atom is -0.457 e. The maximum absolute atomic E-state index is 12.2. The SMILES string of the molecule is Cc1cc(Oc2cc(NC(=O)CCn3cc([N+](=O)[O-])cn3)cc([N+](=O)[O-])c2)ccc1Cl. The quantitative estimate of drug-likeness (QED) is 0.397. The maximum Gasteiger partial charge on any atom is 0.306 e. The van der Waals surface area contributed by atoms with Gasteiger partial charge in [-0.2, -0.15) is 5.10 Å². The van der Waals surface area contributed by atoms with Gasteiger partial charge < -0.3 is 10.1 Å². The summed E-state index contributed by atoms with van der Waals surface area (Å²) in [6.45, 7) is 1.89. The molecule has 1 amide bonds. The number of carbonyl (C=O) groups is 1. The largest absolute Gasteiger partial charge is 0.457 e. The van der Waals surface area contributed by atoms with Gasteiger partial charge in [-0.05, 0) is 30.7 Å². The smallest absolute Gasteiger partial charge is 0.306 e. The van der Waals surface area contributed by atoms with Crippen LogP contribution in [-0.2, 0) is 11.3 Å². The molecular weight excluding hydrogens is 430 g/mol. The summed E-state index contributed by atoms with van der Waals surface area (Å²) in [5, 5.41) is 28.9. The van der Waals surface area contributed by atoms with E-state index >= 15 is 0 Å². The Morgan fingerprint density at radius 1 is 1.13 bits per heavy atom. The molecule has 0 unspecified atom stereocenters. The lowest BCUT2D eigenvalue weighted by Gasteiger charge is -2.10. The third-order valence-corrected chi connectivity index (χ3v) is 4.57. The minimum atomic E-state index is -0.599. The number of hydrogen-bond donors (Lipinski definition) is 1. The Hall–Kier alpha value is -3.99. The lowest BCUT2D eigenvalue weighted by molar-refractivity contribution is -0.385. The first-order valence-corrected chi connectivity index (χ1v) is 9.29. The molecule has 0 saturated heterocycles. The van der Waals surface area contributed by atoms with Crippen LogP contribution in [0.5, 0.6) is 11.5 Å². The number of anilines is 1. The number of amides is 1. The highest BCUT2D eigenvalue weighted by Gasteiger charge is 2.14. The summed E-state index contributed by atoms with van der Waals surface area (Å²) in [5.74, 6) is 0.140. The number of aryl methyl sites for hydroxylation is 2. The van der Waals surface area contributed by atoms with Gasteiger partial charge in [0, 0.05) is 30.1 Å². The molecule has 11 nitrogen and oxygen atoms in total. The van der Waals surface area contributed by atoms with Crippen LogP contribution in [0.2, 0.25) is 5.02 Å². The molecule has 1 heterocycles. The second-order valence-electron chi connectivity index (χ2n) is 6.50. The molecule has 1 N–H and O–H groups in total. The first-order valence-electron chi connectivity index (χ1n) is 8.91. The predicted molar refractivity (Wildman–Crippen MR) is 111 cm³/mol. The fourth-order valence-electron chi connectivity index (χ4n) is 2.65. The number of carbonyl (C=O) groups excluding carboxylic acids is 1. The predicted octanol–water partition coefficient (Wildman–Crippen LogP) is 4.48. The number of non-ortho nitro benzene ring substituents is 1. The first kappa shape index (κ1) is 21.7. The molecule has 31 heavy (non-hydrogen) atoms. The second kappa shape index (κ2) is 9.22. The van der Waals surface area contributed by atoms with Crippen LogP contribution in [0.15, 0.2) is 48.8 Å². The van der Waals surface area contributed by atoms with E-state index in [1.807, 2.05) is 0 Å². The van der Waals surface area contributed by atoms with E-state index in [0.717, 1.165) is 11.8 Å². The van der Waals surface area contributed by atoms with Crippen molar-refractivity contribution in [3.8, 4) is 11.5 Å². The Labute approximate surface area is 180 Å². The van der Waals surface area contributed by atoms with E-state index < -0.39 is 15.8 Å². The zero-order valence-corrected chi connectivity index (χ0v) is 16.9. The van der Waals surface area contributed by atoms with Crippen molar-refractivity contribution in [3.63, 3.8) is 0 Å². The van der Waals surface area contributed by atoms with Crippen LogP contribution < -0.4 is 10.1 Å². The van der Waals surface area contributed by atoms with Gasteiger partial charge in [0.1, 0.15) is 23.9 Å². The minimum absolute atomic E-state index is 0.0475. The van der Waals surface area contributed by atoms with Gasteiger partial charge in [-0.25, -0.2) is 0 Å². The highest BCUT2D eigenvalue weighted by molar-refractivity contribution is 6.31. The Morgan fingerprint density at radius 3 is 2.52 bits per heavy atom. The molecule has 0 aliphatic rings. The molecule has 0 fully saturated rings. The van der Waals surface area contributed by atoms with Gasteiger partial charge >= 0.3 is 5.69 Å². The Morgan fingerprint density at radius 2 is 1.87 bits per heavy atom. The van der Waals surface area contributed by atoms with E-state index in [1.165, 1.54) is 29.1 Å². The molecule has 1 aromatic heterocycles. The van der Waals surface area contributed by atoms with Gasteiger partial charge in [0.05, 0.1) is 21.6 Å². The van der Waals surface area contributed by atoms with Gasteiger partial charge in [0.15, 0.2) is 0 Å². The Kier molecular flexibility index (Phi) is 6.46. The highest BCUT2D eigenvalue weighted by atomic mass is 35.5. The molecule has 0 aliphatic carbocycles. The number of hydrogen-bond acceptors (Lipinski definition) is 7. The van der Waals surface area contributed by atoms with Gasteiger partial charge in [0.2, 0.25) is 5.91 Å². The van der Waals surface area contributed by atoms with Crippen LogP contribution in [0.1, 0.15) is 12.0 Å². The molecule has 0 bridgehead atoms. The Balaban J connectivity index is 1.71. The highest BCUT2D eigenvalue weighted by Crippen LogP contribution is 2.31. The van der Waals surface area contributed by atoms with Crippen molar-refractivity contribution in [1.29, 1.82) is 0 Å². The van der Waals surface area contributed by atoms with Crippen LogP contribution in [0, 0.1) is 27.2 Å². The van der Waals surface area contributed by atoms with Gasteiger partial charge in [-0.1, -0.05) is 11.6 Å². The summed E-state index contributed by atoms with van der Waals surface area (Å²) in [5.41, 5.74) is 0.503. The van der Waals surface area contributed by atoms with Gasteiger partial charge in [-0.3, -0.25) is 29.7 Å². The number of ether oxygens (including phenoxy) is 1. The summed E-state index contributed by atoms with van der Waals surface area (Å²) in [7, 11) is 0. The van der Waals surface area contributed by atoms with Crippen molar-refractivity contribution in [2.75, 3.05) is 5.32 Å². The van der Waals surface area contributed by atoms with Crippen LogP contribution in [0.3, 0.4) is 0 Å². The van der Waals surface area contributed by atoms with E-state index in [4.69, 9.17) is 16.3 Å². The lowest BCUT2D eigenvalue weighted by Crippen LogP contribution is -2.15. The Bertz CT molecular complexity index is 1160. The summed E-state index contributed by atoms with van der Waals surface area (Å²) >= 11 is 5.99. The number of nitro benzene ring substituents is 1. The van der Waals surface area contributed by atoms with Crippen molar-refractivity contribution in [2.24, 2.45) is 0 Å². The maximum atomic E-state index is 12.2. The third kappa shape index (κ3) is 5.76. The summed E-state index contributed by atoms with van der Waals surface area (Å²) < 4.78 is 6.96. The van der Waals surface area contributed by atoms with Crippen molar-refractivity contribution in [3.05, 3.63) is 79.6 Å². The topological polar surface area (TPSA) is 142 Å². The average Bonchev–Trinajstić information content (AvgIpc) is 3.18. The second-order valence-corrected chi connectivity index (χ2v) is 6.91. The zero-order chi connectivity index (χ0) is 22.5. The molecule has 0 atom stereocenters. The van der Waals surface area contributed by atoms with E-state index in [2.05, 4.69) is 10.4 Å². The number of benzene rings is 2. The average molecular weight is 446 g/mol. The summed E-state index contributed by atoms with van der Waals surface area (Å²) in [6, 6.07) is 8.84. The summed E-state index contributed by atoms with van der Waals surface area (Å²) in [6.07, 6.45) is 2.25. The number of nitro groups is 2. The van der Waals surface area contributed by atoms with Gasteiger partial charge in [-0.15, -0.1) is 0 Å². The van der Waals surface area contributed by atoms with Crippen molar-refractivity contribution >= 4 is 34.6 Å². The van der Waals surface area contributed by atoms with Gasteiger partial charge in [0.25, 0.3) is 5.69 Å². The van der Waals surface area contributed by atoms with Crippen molar-refractivity contribution in [1.82, 2.24) is 9.78 Å². The number of halogens is 1. The van der Waals surface area contributed by atoms with E-state index in [9.17, 15) is 25.0 Å². The number of nitrogens with zero attached hydrogens (tertiary/aromatic N) is 4. The normalized spacial score (nSPS) is 10.5. The molecule has 0 saturated carbocycles. The standard InChI is InChI=1S/C19H16ClN5O6/c1-12-6-16(2-3-18(12)20)31-17-8-13(7-14(9-17)24(27)28)22-19(26)4-5-23-11-15(10-21-23)25(29)30/h2-3,6-11H,4-5H2,1H3,(H,22,26). The molecule has 3 rings (SSSR count). The first-order chi connectivity index (χ1) is 14.7. The van der Waals surface area contributed by atoms with Crippen molar-refractivity contribution < 1.29 is 19.4 Å². The molecule has 0 aliphatic heterocycles. The molecule has 0 radical (unpaired) electrons. The molecular formula is C19H16ClN5O6. The number of nitrogens with one attached hydrogen (secondary N) is 1. The van der Waals surface area contributed by atoms with E-state index in [0.29, 0.717) is 10.8 Å². The van der Waals surface area contributed by atoms with E-state index in [-0.39, 0.29) is 35.8 Å². The molecule has 160 valence electrons. The van der Waals surface area contributed by atoms with Crippen LogP contribution in [0.4, 0.5) is 17.1 Å². The van der Waals surface area contributed by atoms with Crippen LogP contribution in [0.25, 0.3) is 0 Å². The van der Waals surface area contributed by atoms with E-state index in [1.54, 1.807) is 25.1 Å². The number of aromatic nitrogens is 2. The molecule has 12 heteroatoms. The van der Waals surface area contributed by atoms with Crippen LogP contribution in [-0.4, -0.2) is 25.5 Å². The van der Waals surface area contributed by atoms with Crippen LogP contribution >= 0.6 is 11.6 Å². The number of rotatable bonds is 8. The molecule has 3 aromatic rings. The molecule has 0 spiro atoms. The zero-order valence-electron chi connectivity index (χ0n) is 16.1. The van der Waals surface area contributed by atoms with Crippen molar-refractivity contribution in [2.45, 2.75) is 19.9 Å². The fourth-order valence-corrected chi connectivity index (χ4v) is 2.76.